The fraction of sp³-hybridized carbons (Fsp3) is 0.611. The molecule has 9 nitrogen and oxygen atoms in total. The van der Waals surface area contributed by atoms with Crippen LogP contribution in [-0.2, 0) is 16.8 Å². The molecule has 0 atom stereocenters. The van der Waals surface area contributed by atoms with Crippen molar-refractivity contribution in [2.45, 2.75) is 39.2 Å². The number of benzene rings is 1. The highest BCUT2D eigenvalue weighted by Gasteiger charge is 2.43. The molecule has 1 aromatic carbocycles. The van der Waals surface area contributed by atoms with Gasteiger partial charge in [0.1, 0.15) is 5.75 Å². The highest BCUT2D eigenvalue weighted by atomic mass is 32.2. The summed E-state index contributed by atoms with van der Waals surface area (Å²) < 4.78 is 33.6. The Bertz CT molecular complexity index is 908. The van der Waals surface area contributed by atoms with Crippen LogP contribution in [0.2, 0.25) is 0 Å². The maximum atomic E-state index is 11.8. The highest BCUT2D eigenvalue weighted by molar-refractivity contribution is 7.87. The van der Waals surface area contributed by atoms with Gasteiger partial charge in [0.05, 0.1) is 13.2 Å². The van der Waals surface area contributed by atoms with Crippen LogP contribution in [0.5, 0.6) is 5.75 Å². The molecule has 4 rings (SSSR count). The summed E-state index contributed by atoms with van der Waals surface area (Å²) in [6.45, 7) is 4.97. The molecule has 1 saturated heterocycles. The summed E-state index contributed by atoms with van der Waals surface area (Å²) in [5.74, 6) is 1.42. The SMILES string of the molecule is CCn1nnc(-c2ccc(OCCC3(CCN4CCNS4(=O)=O)CC3)cc2)n1. The number of aryl methyl sites for hydroxylation is 1. The molecule has 1 aliphatic carbocycles. The Kier molecular flexibility index (Phi) is 5.35. The lowest BCUT2D eigenvalue weighted by molar-refractivity contribution is 0.254. The van der Waals surface area contributed by atoms with Crippen molar-refractivity contribution >= 4 is 10.2 Å². The summed E-state index contributed by atoms with van der Waals surface area (Å²) in [6, 6.07) is 7.71. The Morgan fingerprint density at radius 1 is 1.21 bits per heavy atom. The lowest BCUT2D eigenvalue weighted by Crippen LogP contribution is -2.31. The molecule has 2 fully saturated rings. The zero-order valence-corrected chi connectivity index (χ0v) is 16.9. The van der Waals surface area contributed by atoms with Crippen molar-refractivity contribution in [1.29, 1.82) is 0 Å². The summed E-state index contributed by atoms with van der Waals surface area (Å²) in [4.78, 5) is 1.55. The van der Waals surface area contributed by atoms with Gasteiger partial charge < -0.3 is 4.74 Å². The monoisotopic (exact) mass is 406 g/mol. The maximum Gasteiger partial charge on any atom is 0.279 e. The predicted octanol–water partition coefficient (Wildman–Crippen LogP) is 1.45. The van der Waals surface area contributed by atoms with E-state index in [1.54, 1.807) is 9.10 Å². The van der Waals surface area contributed by atoms with Gasteiger partial charge in [0, 0.05) is 25.2 Å². The summed E-state index contributed by atoms with van der Waals surface area (Å²) in [7, 11) is -3.24. The Balaban J connectivity index is 1.24. The molecular weight excluding hydrogens is 380 g/mol. The summed E-state index contributed by atoms with van der Waals surface area (Å²) in [5.41, 5.74) is 1.15. The first-order valence-corrected chi connectivity index (χ1v) is 11.2. The number of rotatable bonds is 9. The predicted molar refractivity (Wildman–Crippen MR) is 104 cm³/mol. The van der Waals surface area contributed by atoms with Crippen molar-refractivity contribution in [2.75, 3.05) is 26.2 Å². The average Bonchev–Trinajstić information content (AvgIpc) is 3.13. The molecule has 2 aromatic rings. The minimum Gasteiger partial charge on any atom is -0.494 e. The van der Waals surface area contributed by atoms with E-state index in [1.807, 2.05) is 31.2 Å². The molecule has 1 saturated carbocycles. The number of hydrogen-bond donors (Lipinski definition) is 1. The van der Waals surface area contributed by atoms with Gasteiger partial charge in [0.15, 0.2) is 0 Å². The molecule has 1 aliphatic heterocycles. The fourth-order valence-electron chi connectivity index (χ4n) is 3.48. The van der Waals surface area contributed by atoms with E-state index in [-0.39, 0.29) is 5.41 Å². The Hall–Kier alpha value is -2.04. The third kappa shape index (κ3) is 4.34. The molecule has 0 amide bonds. The highest BCUT2D eigenvalue weighted by Crippen LogP contribution is 2.52. The second-order valence-electron chi connectivity index (χ2n) is 7.47. The van der Waals surface area contributed by atoms with Crippen LogP contribution in [0.1, 0.15) is 32.6 Å². The Morgan fingerprint density at radius 2 is 2.00 bits per heavy atom. The van der Waals surface area contributed by atoms with Gasteiger partial charge in [-0.3, -0.25) is 0 Å². The minimum atomic E-state index is -3.24. The zero-order valence-electron chi connectivity index (χ0n) is 16.0. The van der Waals surface area contributed by atoms with Gasteiger partial charge in [0.25, 0.3) is 10.2 Å². The molecule has 1 aromatic heterocycles. The van der Waals surface area contributed by atoms with Gasteiger partial charge in [-0.1, -0.05) is 0 Å². The van der Waals surface area contributed by atoms with Gasteiger partial charge in [-0.25, -0.2) is 4.72 Å². The molecule has 0 bridgehead atoms. The van der Waals surface area contributed by atoms with E-state index >= 15 is 0 Å². The van der Waals surface area contributed by atoms with Gasteiger partial charge in [-0.2, -0.15) is 17.5 Å². The van der Waals surface area contributed by atoms with E-state index < -0.39 is 10.2 Å². The quantitative estimate of drug-likeness (QED) is 0.676. The molecule has 2 heterocycles. The smallest absolute Gasteiger partial charge is 0.279 e. The molecule has 28 heavy (non-hydrogen) atoms. The van der Waals surface area contributed by atoms with Gasteiger partial charge in [-0.15, -0.1) is 10.2 Å². The molecule has 0 spiro atoms. The van der Waals surface area contributed by atoms with Crippen LogP contribution >= 0.6 is 0 Å². The third-order valence-corrected chi connectivity index (χ3v) is 7.20. The molecule has 1 N–H and O–H groups in total. The molecule has 10 heteroatoms. The van der Waals surface area contributed by atoms with Crippen molar-refractivity contribution < 1.29 is 13.2 Å². The van der Waals surface area contributed by atoms with Gasteiger partial charge >= 0.3 is 0 Å². The minimum absolute atomic E-state index is 0.237. The van der Waals surface area contributed by atoms with Crippen LogP contribution in [-0.4, -0.2) is 59.2 Å². The number of nitrogens with one attached hydrogen (secondary N) is 1. The van der Waals surface area contributed by atoms with E-state index in [2.05, 4.69) is 20.1 Å². The van der Waals surface area contributed by atoms with Crippen molar-refractivity contribution in [3.05, 3.63) is 24.3 Å². The van der Waals surface area contributed by atoms with Crippen LogP contribution in [0.3, 0.4) is 0 Å². The first-order valence-electron chi connectivity index (χ1n) is 9.75. The fourth-order valence-corrected chi connectivity index (χ4v) is 4.68. The lowest BCUT2D eigenvalue weighted by atomic mass is 9.99. The standard InChI is InChI=1S/C18H26N6O3S/c1-2-24-21-17(20-22-24)15-3-5-16(6-4-15)27-14-10-18(7-8-18)9-12-23-13-11-19-28(23,25)26/h3-6,19H,2,7-14H2,1H3. The maximum absolute atomic E-state index is 11.8. The number of hydrogen-bond acceptors (Lipinski definition) is 6. The average molecular weight is 407 g/mol. The number of ether oxygens (including phenoxy) is 1. The molecule has 2 aliphatic rings. The summed E-state index contributed by atoms with van der Waals surface area (Å²) >= 11 is 0. The van der Waals surface area contributed by atoms with E-state index in [0.717, 1.165) is 37.0 Å². The van der Waals surface area contributed by atoms with Crippen LogP contribution < -0.4 is 9.46 Å². The molecular formula is C18H26N6O3S. The van der Waals surface area contributed by atoms with Crippen LogP contribution in [0, 0.1) is 5.41 Å². The second kappa shape index (κ2) is 7.76. The summed E-state index contributed by atoms with van der Waals surface area (Å²) in [5, 5.41) is 12.3. The summed E-state index contributed by atoms with van der Waals surface area (Å²) in [6.07, 6.45) is 4.14. The van der Waals surface area contributed by atoms with E-state index in [9.17, 15) is 8.42 Å². The Labute approximate surface area is 165 Å². The number of tetrazole rings is 1. The first kappa shape index (κ1) is 19.3. The Morgan fingerprint density at radius 3 is 2.61 bits per heavy atom. The second-order valence-corrected chi connectivity index (χ2v) is 9.23. The van der Waals surface area contributed by atoms with Crippen molar-refractivity contribution in [3.8, 4) is 17.1 Å². The lowest BCUT2D eigenvalue weighted by Gasteiger charge is -2.19. The van der Waals surface area contributed by atoms with Crippen LogP contribution in [0.15, 0.2) is 24.3 Å². The third-order valence-electron chi connectivity index (χ3n) is 5.58. The van der Waals surface area contributed by atoms with Crippen molar-refractivity contribution in [3.63, 3.8) is 0 Å². The van der Waals surface area contributed by atoms with E-state index in [4.69, 9.17) is 4.74 Å². The van der Waals surface area contributed by atoms with Crippen LogP contribution in [0.25, 0.3) is 11.4 Å². The van der Waals surface area contributed by atoms with Gasteiger partial charge in [0.2, 0.25) is 5.82 Å². The topological polar surface area (TPSA) is 102 Å². The normalized spacial score (nSPS) is 20.3. The zero-order chi connectivity index (χ0) is 19.6. The van der Waals surface area contributed by atoms with Crippen LogP contribution in [0.4, 0.5) is 0 Å². The van der Waals surface area contributed by atoms with E-state index in [0.29, 0.717) is 38.6 Å². The molecule has 0 unspecified atom stereocenters. The number of aromatic nitrogens is 4. The van der Waals surface area contributed by atoms with Crippen molar-refractivity contribution in [2.24, 2.45) is 5.41 Å². The molecule has 0 radical (unpaired) electrons. The van der Waals surface area contributed by atoms with E-state index in [1.165, 1.54) is 0 Å². The van der Waals surface area contributed by atoms with Gasteiger partial charge in [-0.05, 0) is 67.5 Å². The molecule has 152 valence electrons. The largest absolute Gasteiger partial charge is 0.494 e. The number of nitrogens with zero attached hydrogens (tertiary/aromatic N) is 5. The first-order chi connectivity index (χ1) is 13.5. The van der Waals surface area contributed by atoms with Crippen molar-refractivity contribution in [1.82, 2.24) is 29.2 Å².